The topological polar surface area (TPSA) is 52.9 Å². The van der Waals surface area contributed by atoms with Crippen molar-refractivity contribution < 1.29 is 4.79 Å². The molecule has 0 saturated heterocycles. The monoisotopic (exact) mass is 208 g/mol. The van der Waals surface area contributed by atoms with Gasteiger partial charge in [-0.1, -0.05) is 0 Å². The molecule has 0 aromatic carbocycles. The van der Waals surface area contributed by atoms with Gasteiger partial charge in [0.25, 0.3) is 0 Å². The summed E-state index contributed by atoms with van der Waals surface area (Å²) in [5, 5.41) is 13.1. The van der Waals surface area contributed by atoms with E-state index in [0.29, 0.717) is 13.0 Å². The molecule has 0 aliphatic heterocycles. The van der Waals surface area contributed by atoms with Crippen molar-refractivity contribution in [2.45, 2.75) is 26.3 Å². The minimum Gasteiger partial charge on any atom is -0.351 e. The summed E-state index contributed by atoms with van der Waals surface area (Å²) in [5.41, 5.74) is 1.20. The average molecular weight is 208 g/mol. The molecule has 1 aromatic heterocycles. The predicted molar refractivity (Wildman–Crippen MR) is 55.7 cm³/mol. The van der Waals surface area contributed by atoms with Crippen molar-refractivity contribution in [3.8, 4) is 6.07 Å². The van der Waals surface area contributed by atoms with Gasteiger partial charge in [-0.3, -0.25) is 4.79 Å². The number of nitriles is 1. The van der Waals surface area contributed by atoms with Crippen LogP contribution in [0.3, 0.4) is 0 Å². The van der Waals surface area contributed by atoms with Crippen molar-refractivity contribution in [3.05, 3.63) is 21.9 Å². The molecule has 74 valence electrons. The van der Waals surface area contributed by atoms with Crippen molar-refractivity contribution in [2.24, 2.45) is 0 Å². The van der Waals surface area contributed by atoms with E-state index in [2.05, 4.69) is 5.32 Å². The average Bonchev–Trinajstić information content (AvgIpc) is 2.58. The molecule has 1 N–H and O–H groups in total. The Morgan fingerprint density at radius 1 is 1.71 bits per heavy atom. The number of amides is 1. The molecule has 0 atom stereocenters. The van der Waals surface area contributed by atoms with Gasteiger partial charge >= 0.3 is 0 Å². The molecule has 0 fully saturated rings. The first-order valence-corrected chi connectivity index (χ1v) is 5.28. The third-order valence-corrected chi connectivity index (χ3v) is 2.90. The highest BCUT2D eigenvalue weighted by Gasteiger charge is 2.03. The Labute approximate surface area is 87.4 Å². The summed E-state index contributed by atoms with van der Waals surface area (Å²) in [4.78, 5) is 12.3. The molecule has 1 rings (SSSR count). The number of carbonyl (C=O) groups excluding carboxylic acids is 1. The fourth-order valence-corrected chi connectivity index (χ4v) is 1.87. The molecule has 4 heteroatoms. The fraction of sp³-hybridized carbons (Fsp3) is 0.400. The zero-order chi connectivity index (χ0) is 10.4. The summed E-state index contributed by atoms with van der Waals surface area (Å²) < 4.78 is 0. The SMILES string of the molecule is Cc1ccsc1CNC(=O)CCC#N. The summed E-state index contributed by atoms with van der Waals surface area (Å²) in [6.45, 7) is 2.60. The summed E-state index contributed by atoms with van der Waals surface area (Å²) >= 11 is 1.64. The van der Waals surface area contributed by atoms with Gasteiger partial charge in [0.1, 0.15) is 0 Å². The number of nitrogens with zero attached hydrogens (tertiary/aromatic N) is 1. The third kappa shape index (κ3) is 3.19. The number of carbonyl (C=O) groups is 1. The Balaban J connectivity index is 2.31. The highest BCUT2D eigenvalue weighted by atomic mass is 32.1. The van der Waals surface area contributed by atoms with Crippen LogP contribution in [-0.4, -0.2) is 5.91 Å². The van der Waals surface area contributed by atoms with Crippen LogP contribution in [0.15, 0.2) is 11.4 Å². The number of rotatable bonds is 4. The van der Waals surface area contributed by atoms with E-state index in [1.54, 1.807) is 11.3 Å². The third-order valence-electron chi connectivity index (χ3n) is 1.88. The molecular weight excluding hydrogens is 196 g/mol. The summed E-state index contributed by atoms with van der Waals surface area (Å²) in [5.74, 6) is -0.0562. The molecule has 1 heterocycles. The number of aryl methyl sites for hydroxylation is 1. The van der Waals surface area contributed by atoms with Gasteiger partial charge in [-0.05, 0) is 23.9 Å². The van der Waals surface area contributed by atoms with Crippen LogP contribution in [0.1, 0.15) is 23.3 Å². The standard InChI is InChI=1S/C10H12N2OS/c1-8-4-6-14-9(8)7-12-10(13)3-2-5-11/h4,6H,2-3,7H2,1H3,(H,12,13). The highest BCUT2D eigenvalue weighted by Crippen LogP contribution is 2.14. The van der Waals surface area contributed by atoms with Crippen LogP contribution in [0.25, 0.3) is 0 Å². The first-order chi connectivity index (χ1) is 6.74. The van der Waals surface area contributed by atoms with Crippen LogP contribution in [0.5, 0.6) is 0 Å². The molecule has 0 spiro atoms. The second-order valence-electron chi connectivity index (χ2n) is 2.96. The lowest BCUT2D eigenvalue weighted by Gasteiger charge is -2.02. The second-order valence-corrected chi connectivity index (χ2v) is 3.96. The van der Waals surface area contributed by atoms with E-state index in [1.165, 1.54) is 10.4 Å². The van der Waals surface area contributed by atoms with Crippen LogP contribution in [0.2, 0.25) is 0 Å². The quantitative estimate of drug-likeness (QED) is 0.822. The smallest absolute Gasteiger partial charge is 0.221 e. The molecule has 0 saturated carbocycles. The van der Waals surface area contributed by atoms with Gasteiger partial charge in [0, 0.05) is 17.7 Å². The Kier molecular flexibility index (Phi) is 4.14. The summed E-state index contributed by atoms with van der Waals surface area (Å²) in [6, 6.07) is 3.97. The van der Waals surface area contributed by atoms with E-state index in [4.69, 9.17) is 5.26 Å². The van der Waals surface area contributed by atoms with Crippen molar-refractivity contribution in [2.75, 3.05) is 0 Å². The molecule has 1 amide bonds. The Morgan fingerprint density at radius 2 is 2.50 bits per heavy atom. The Hall–Kier alpha value is -1.34. The molecule has 14 heavy (non-hydrogen) atoms. The first-order valence-electron chi connectivity index (χ1n) is 4.40. The van der Waals surface area contributed by atoms with Crippen molar-refractivity contribution in [1.29, 1.82) is 5.26 Å². The van der Waals surface area contributed by atoms with E-state index in [9.17, 15) is 4.79 Å². The van der Waals surface area contributed by atoms with Crippen molar-refractivity contribution >= 4 is 17.2 Å². The summed E-state index contributed by atoms with van der Waals surface area (Å²) in [6.07, 6.45) is 0.580. The van der Waals surface area contributed by atoms with Crippen LogP contribution in [0, 0.1) is 18.3 Å². The number of hydrogen-bond donors (Lipinski definition) is 1. The van der Waals surface area contributed by atoms with Crippen LogP contribution in [-0.2, 0) is 11.3 Å². The maximum atomic E-state index is 11.2. The predicted octanol–water partition coefficient (Wildman–Crippen LogP) is 1.98. The zero-order valence-electron chi connectivity index (χ0n) is 8.04. The highest BCUT2D eigenvalue weighted by molar-refractivity contribution is 7.10. The number of nitrogens with one attached hydrogen (secondary N) is 1. The normalized spacial score (nSPS) is 9.43. The Morgan fingerprint density at radius 3 is 3.07 bits per heavy atom. The van der Waals surface area contributed by atoms with Gasteiger partial charge in [0.05, 0.1) is 12.6 Å². The van der Waals surface area contributed by atoms with Gasteiger partial charge in [-0.15, -0.1) is 11.3 Å². The maximum Gasteiger partial charge on any atom is 0.221 e. The minimum absolute atomic E-state index is 0.0562. The number of hydrogen-bond acceptors (Lipinski definition) is 3. The first kappa shape index (κ1) is 10.7. The molecule has 0 aliphatic rings. The van der Waals surface area contributed by atoms with Crippen LogP contribution >= 0.6 is 11.3 Å². The molecule has 0 radical (unpaired) electrons. The lowest BCUT2D eigenvalue weighted by atomic mass is 10.3. The zero-order valence-corrected chi connectivity index (χ0v) is 8.86. The van der Waals surface area contributed by atoms with E-state index < -0.39 is 0 Å². The fourth-order valence-electron chi connectivity index (χ4n) is 1.02. The van der Waals surface area contributed by atoms with E-state index in [1.807, 2.05) is 24.4 Å². The molecule has 0 bridgehead atoms. The molecule has 3 nitrogen and oxygen atoms in total. The molecule has 1 aromatic rings. The maximum absolute atomic E-state index is 11.2. The van der Waals surface area contributed by atoms with E-state index in [-0.39, 0.29) is 12.3 Å². The van der Waals surface area contributed by atoms with Crippen LogP contribution < -0.4 is 5.32 Å². The van der Waals surface area contributed by atoms with Crippen LogP contribution in [0.4, 0.5) is 0 Å². The number of thiophene rings is 1. The van der Waals surface area contributed by atoms with Crippen molar-refractivity contribution in [3.63, 3.8) is 0 Å². The molecule has 0 unspecified atom stereocenters. The van der Waals surface area contributed by atoms with Gasteiger partial charge in [0.15, 0.2) is 0 Å². The lowest BCUT2D eigenvalue weighted by Crippen LogP contribution is -2.21. The van der Waals surface area contributed by atoms with Gasteiger partial charge in [0.2, 0.25) is 5.91 Å². The molecule has 0 aliphatic carbocycles. The van der Waals surface area contributed by atoms with Gasteiger partial charge < -0.3 is 5.32 Å². The van der Waals surface area contributed by atoms with Gasteiger partial charge in [-0.2, -0.15) is 5.26 Å². The van der Waals surface area contributed by atoms with E-state index >= 15 is 0 Å². The summed E-state index contributed by atoms with van der Waals surface area (Å²) in [7, 11) is 0. The van der Waals surface area contributed by atoms with Crippen molar-refractivity contribution in [1.82, 2.24) is 5.32 Å². The lowest BCUT2D eigenvalue weighted by molar-refractivity contribution is -0.121. The van der Waals surface area contributed by atoms with Gasteiger partial charge in [-0.25, -0.2) is 0 Å². The molecular formula is C10H12N2OS. The minimum atomic E-state index is -0.0562. The Bertz CT molecular complexity index is 351. The second kappa shape index (κ2) is 5.40. The largest absolute Gasteiger partial charge is 0.351 e. The van der Waals surface area contributed by atoms with E-state index in [0.717, 1.165) is 0 Å².